The summed E-state index contributed by atoms with van der Waals surface area (Å²) in [5.41, 5.74) is 0. The predicted octanol–water partition coefficient (Wildman–Crippen LogP) is 4.54. The van der Waals surface area contributed by atoms with Crippen LogP contribution in [0.25, 0.3) is 0 Å². The molecule has 1 N–H and O–H groups in total. The summed E-state index contributed by atoms with van der Waals surface area (Å²) >= 11 is 15.4. The van der Waals surface area contributed by atoms with Crippen molar-refractivity contribution in [2.75, 3.05) is 26.3 Å². The van der Waals surface area contributed by atoms with Gasteiger partial charge in [0, 0.05) is 23.7 Å². The van der Waals surface area contributed by atoms with Crippen molar-refractivity contribution in [1.29, 1.82) is 0 Å². The number of ether oxygens (including phenoxy) is 2. The highest BCUT2D eigenvalue weighted by Crippen LogP contribution is 2.33. The molecule has 0 amide bonds. The molecule has 3 nitrogen and oxygen atoms in total. The van der Waals surface area contributed by atoms with Crippen LogP contribution in [0.3, 0.4) is 0 Å². The molecule has 1 aromatic carbocycles. The van der Waals surface area contributed by atoms with E-state index in [4.69, 9.17) is 32.7 Å². The molecule has 0 bridgehead atoms. The molecule has 0 heterocycles. The fourth-order valence-electron chi connectivity index (χ4n) is 1.49. The van der Waals surface area contributed by atoms with Gasteiger partial charge in [0.15, 0.2) is 0 Å². The van der Waals surface area contributed by atoms with E-state index in [1.807, 2.05) is 13.8 Å². The lowest BCUT2D eigenvalue weighted by atomic mass is 10.3. The minimum atomic E-state index is 0.294. The Morgan fingerprint density at radius 3 is 2.60 bits per heavy atom. The Morgan fingerprint density at radius 1 is 1.15 bits per heavy atom. The van der Waals surface area contributed by atoms with E-state index in [9.17, 15) is 0 Å². The standard InChI is InChI=1S/C14H20BrCl2NO2/c1-10(2)19-6-3-4-18-5-7-20-14-9-12(16)11(15)8-13(14)17/h8-10,18H,3-7H2,1-2H3. The lowest BCUT2D eigenvalue weighted by Gasteiger charge is -2.11. The summed E-state index contributed by atoms with van der Waals surface area (Å²) in [5, 5.41) is 4.42. The van der Waals surface area contributed by atoms with E-state index in [1.54, 1.807) is 12.1 Å². The van der Waals surface area contributed by atoms with E-state index in [-0.39, 0.29) is 0 Å². The van der Waals surface area contributed by atoms with Gasteiger partial charge in [0.1, 0.15) is 12.4 Å². The predicted molar refractivity (Wildman–Crippen MR) is 88.2 cm³/mol. The topological polar surface area (TPSA) is 30.5 Å². The second kappa shape index (κ2) is 9.85. The van der Waals surface area contributed by atoms with Crippen LogP contribution in [0.15, 0.2) is 16.6 Å². The van der Waals surface area contributed by atoms with Crippen LogP contribution >= 0.6 is 39.1 Å². The molecule has 0 spiro atoms. The maximum atomic E-state index is 6.06. The van der Waals surface area contributed by atoms with Gasteiger partial charge in [0.05, 0.1) is 16.1 Å². The van der Waals surface area contributed by atoms with Crippen LogP contribution in [-0.4, -0.2) is 32.4 Å². The maximum Gasteiger partial charge on any atom is 0.139 e. The molecule has 20 heavy (non-hydrogen) atoms. The molecular formula is C14H20BrCl2NO2. The summed E-state index contributed by atoms with van der Waals surface area (Å²) in [7, 11) is 0. The zero-order valence-electron chi connectivity index (χ0n) is 11.7. The van der Waals surface area contributed by atoms with Gasteiger partial charge in [-0.2, -0.15) is 0 Å². The molecule has 0 saturated carbocycles. The quantitative estimate of drug-likeness (QED) is 0.500. The highest BCUT2D eigenvalue weighted by atomic mass is 79.9. The fourth-order valence-corrected chi connectivity index (χ4v) is 2.34. The third kappa shape index (κ3) is 7.14. The van der Waals surface area contributed by atoms with Gasteiger partial charge in [-0.1, -0.05) is 23.2 Å². The smallest absolute Gasteiger partial charge is 0.139 e. The fraction of sp³-hybridized carbons (Fsp3) is 0.571. The molecule has 1 aromatic rings. The Labute approximate surface area is 139 Å². The normalized spacial score (nSPS) is 11.1. The van der Waals surface area contributed by atoms with Crippen molar-refractivity contribution < 1.29 is 9.47 Å². The van der Waals surface area contributed by atoms with Crippen LogP contribution in [-0.2, 0) is 4.74 Å². The van der Waals surface area contributed by atoms with Crippen LogP contribution in [0, 0.1) is 0 Å². The van der Waals surface area contributed by atoms with Crippen LogP contribution in [0.1, 0.15) is 20.3 Å². The van der Waals surface area contributed by atoms with Gasteiger partial charge in [-0.15, -0.1) is 0 Å². The Bertz CT molecular complexity index is 416. The molecule has 0 aromatic heterocycles. The van der Waals surface area contributed by atoms with Gasteiger partial charge in [0.25, 0.3) is 0 Å². The van der Waals surface area contributed by atoms with Gasteiger partial charge < -0.3 is 14.8 Å². The van der Waals surface area contributed by atoms with Crippen molar-refractivity contribution in [3.63, 3.8) is 0 Å². The van der Waals surface area contributed by atoms with E-state index >= 15 is 0 Å². The second-order valence-electron chi connectivity index (χ2n) is 4.57. The van der Waals surface area contributed by atoms with Crippen LogP contribution in [0.2, 0.25) is 10.0 Å². The van der Waals surface area contributed by atoms with Gasteiger partial charge in [-0.25, -0.2) is 0 Å². The third-order valence-electron chi connectivity index (χ3n) is 2.46. The monoisotopic (exact) mass is 383 g/mol. The Morgan fingerprint density at radius 2 is 1.90 bits per heavy atom. The molecule has 0 atom stereocenters. The van der Waals surface area contributed by atoms with Crippen molar-refractivity contribution in [2.24, 2.45) is 0 Å². The lowest BCUT2D eigenvalue weighted by Crippen LogP contribution is -2.23. The zero-order valence-corrected chi connectivity index (χ0v) is 14.8. The molecule has 0 radical (unpaired) electrons. The molecule has 0 aliphatic rings. The average molecular weight is 385 g/mol. The number of nitrogens with one attached hydrogen (secondary N) is 1. The number of hydrogen-bond acceptors (Lipinski definition) is 3. The number of benzene rings is 1. The molecule has 6 heteroatoms. The number of hydrogen-bond donors (Lipinski definition) is 1. The van der Waals surface area contributed by atoms with Crippen LogP contribution in [0.5, 0.6) is 5.75 Å². The first-order valence-corrected chi connectivity index (χ1v) is 8.15. The second-order valence-corrected chi connectivity index (χ2v) is 6.24. The molecular weight excluding hydrogens is 365 g/mol. The summed E-state index contributed by atoms with van der Waals surface area (Å²) in [6.07, 6.45) is 1.28. The molecule has 114 valence electrons. The Kier molecular flexibility index (Phi) is 8.89. The lowest BCUT2D eigenvalue weighted by molar-refractivity contribution is 0.0770. The van der Waals surface area contributed by atoms with Gasteiger partial charge in [-0.05, 0) is 48.8 Å². The average Bonchev–Trinajstić information content (AvgIpc) is 2.38. The molecule has 0 saturated heterocycles. The molecule has 0 aliphatic carbocycles. The largest absolute Gasteiger partial charge is 0.491 e. The highest BCUT2D eigenvalue weighted by molar-refractivity contribution is 9.10. The van der Waals surface area contributed by atoms with E-state index in [1.165, 1.54) is 0 Å². The van der Waals surface area contributed by atoms with Crippen molar-refractivity contribution >= 4 is 39.1 Å². The minimum Gasteiger partial charge on any atom is -0.491 e. The van der Waals surface area contributed by atoms with Crippen molar-refractivity contribution in [3.05, 3.63) is 26.7 Å². The summed E-state index contributed by atoms with van der Waals surface area (Å²) in [5.74, 6) is 0.602. The summed E-state index contributed by atoms with van der Waals surface area (Å²) in [6.45, 7) is 7.06. The first kappa shape index (κ1) is 18.1. The first-order chi connectivity index (χ1) is 9.50. The maximum absolute atomic E-state index is 6.06. The van der Waals surface area contributed by atoms with E-state index in [0.717, 1.165) is 30.6 Å². The van der Waals surface area contributed by atoms with Gasteiger partial charge in [-0.3, -0.25) is 0 Å². The van der Waals surface area contributed by atoms with Crippen molar-refractivity contribution in [1.82, 2.24) is 5.32 Å². The molecule has 1 rings (SSSR count). The summed E-state index contributed by atoms with van der Waals surface area (Å²) < 4.78 is 11.8. The first-order valence-electron chi connectivity index (χ1n) is 6.60. The number of halogens is 3. The Balaban J connectivity index is 2.14. The molecule has 0 fully saturated rings. The van der Waals surface area contributed by atoms with Crippen molar-refractivity contribution in [3.8, 4) is 5.75 Å². The minimum absolute atomic E-state index is 0.294. The Hall–Kier alpha value is -0.0000000000000000555. The van der Waals surface area contributed by atoms with E-state index < -0.39 is 0 Å². The summed E-state index contributed by atoms with van der Waals surface area (Å²) in [6, 6.07) is 3.44. The van der Waals surface area contributed by atoms with Crippen molar-refractivity contribution in [2.45, 2.75) is 26.4 Å². The SMILES string of the molecule is CC(C)OCCCNCCOc1cc(Cl)c(Br)cc1Cl. The molecule has 0 aliphatic heterocycles. The highest BCUT2D eigenvalue weighted by Gasteiger charge is 2.06. The van der Waals surface area contributed by atoms with Crippen LogP contribution < -0.4 is 10.1 Å². The van der Waals surface area contributed by atoms with E-state index in [0.29, 0.717) is 28.5 Å². The summed E-state index contributed by atoms with van der Waals surface area (Å²) in [4.78, 5) is 0. The van der Waals surface area contributed by atoms with E-state index in [2.05, 4.69) is 21.2 Å². The third-order valence-corrected chi connectivity index (χ3v) is 3.95. The van der Waals surface area contributed by atoms with Gasteiger partial charge >= 0.3 is 0 Å². The van der Waals surface area contributed by atoms with Crippen LogP contribution in [0.4, 0.5) is 0 Å². The zero-order chi connectivity index (χ0) is 15.0. The van der Waals surface area contributed by atoms with Gasteiger partial charge in [0.2, 0.25) is 0 Å². The molecule has 0 unspecified atom stereocenters. The number of rotatable bonds is 9.